The molecule has 0 fully saturated rings. The Morgan fingerprint density at radius 1 is 1.09 bits per heavy atom. The molecular formula is C21H33NO. The lowest BCUT2D eigenvalue weighted by molar-refractivity contribution is 0.136. The average Bonchev–Trinajstić information content (AvgIpc) is 2.65. The highest BCUT2D eigenvalue weighted by molar-refractivity contribution is 5.81. The van der Waals surface area contributed by atoms with Crippen LogP contribution < -0.4 is 5.32 Å². The Morgan fingerprint density at radius 3 is 2.30 bits per heavy atom. The van der Waals surface area contributed by atoms with E-state index in [0.717, 1.165) is 13.0 Å². The maximum atomic E-state index is 5.72. The number of ether oxygens (including phenoxy) is 1. The van der Waals surface area contributed by atoms with Gasteiger partial charge in [0, 0.05) is 24.6 Å². The summed E-state index contributed by atoms with van der Waals surface area (Å²) in [4.78, 5) is 0. The molecule has 0 aliphatic heterocycles. The molecule has 2 rings (SSSR count). The predicted molar refractivity (Wildman–Crippen MR) is 100 cm³/mol. The third-order valence-corrected chi connectivity index (χ3v) is 5.57. The number of hydrogen-bond acceptors (Lipinski definition) is 2. The van der Waals surface area contributed by atoms with Gasteiger partial charge in [-0.1, -0.05) is 31.6 Å². The molecule has 23 heavy (non-hydrogen) atoms. The SMILES string of the molecule is COCC1(CC(C)NC(C)C)C(C)=C(C)c2c1ccc(C)c2C. The van der Waals surface area contributed by atoms with E-state index in [1.165, 1.54) is 33.4 Å². The lowest BCUT2D eigenvalue weighted by Gasteiger charge is -2.36. The maximum absolute atomic E-state index is 5.72. The summed E-state index contributed by atoms with van der Waals surface area (Å²) in [5, 5.41) is 3.67. The second kappa shape index (κ2) is 6.78. The van der Waals surface area contributed by atoms with E-state index in [1.54, 1.807) is 0 Å². The van der Waals surface area contributed by atoms with Gasteiger partial charge in [-0.05, 0) is 68.9 Å². The number of methoxy groups -OCH3 is 1. The smallest absolute Gasteiger partial charge is 0.0597 e. The minimum atomic E-state index is -0.00602. The van der Waals surface area contributed by atoms with E-state index in [9.17, 15) is 0 Å². The molecule has 1 aliphatic carbocycles. The van der Waals surface area contributed by atoms with Gasteiger partial charge in [-0.3, -0.25) is 0 Å². The van der Waals surface area contributed by atoms with Crippen LogP contribution in [-0.2, 0) is 10.2 Å². The van der Waals surface area contributed by atoms with Gasteiger partial charge in [-0.2, -0.15) is 0 Å². The molecule has 1 N–H and O–H groups in total. The van der Waals surface area contributed by atoms with Crippen LogP contribution in [0.25, 0.3) is 5.57 Å². The van der Waals surface area contributed by atoms with Crippen molar-refractivity contribution in [3.63, 3.8) is 0 Å². The molecule has 0 saturated heterocycles. The summed E-state index contributed by atoms with van der Waals surface area (Å²) in [6, 6.07) is 5.54. The number of nitrogens with one attached hydrogen (secondary N) is 1. The minimum Gasteiger partial charge on any atom is -0.383 e. The van der Waals surface area contributed by atoms with Crippen molar-refractivity contribution in [2.45, 2.75) is 72.4 Å². The van der Waals surface area contributed by atoms with E-state index in [1.807, 2.05) is 7.11 Å². The summed E-state index contributed by atoms with van der Waals surface area (Å²) in [6.07, 6.45) is 1.07. The summed E-state index contributed by atoms with van der Waals surface area (Å²) >= 11 is 0. The van der Waals surface area contributed by atoms with Gasteiger partial charge in [-0.15, -0.1) is 0 Å². The van der Waals surface area contributed by atoms with Gasteiger partial charge in [0.1, 0.15) is 0 Å². The van der Waals surface area contributed by atoms with Crippen LogP contribution in [0.5, 0.6) is 0 Å². The third kappa shape index (κ3) is 3.12. The number of benzene rings is 1. The molecule has 2 heteroatoms. The van der Waals surface area contributed by atoms with E-state index >= 15 is 0 Å². The third-order valence-electron chi connectivity index (χ3n) is 5.57. The molecule has 0 radical (unpaired) electrons. The van der Waals surface area contributed by atoms with Crippen LogP contribution in [0.3, 0.4) is 0 Å². The van der Waals surface area contributed by atoms with E-state index in [4.69, 9.17) is 4.74 Å². The number of allylic oxidation sites excluding steroid dienone is 1. The number of rotatable bonds is 6. The molecule has 1 aromatic rings. The van der Waals surface area contributed by atoms with Crippen molar-refractivity contribution in [2.75, 3.05) is 13.7 Å². The van der Waals surface area contributed by atoms with Crippen molar-refractivity contribution >= 4 is 5.57 Å². The van der Waals surface area contributed by atoms with Crippen molar-refractivity contribution in [2.24, 2.45) is 0 Å². The molecular weight excluding hydrogens is 282 g/mol. The fourth-order valence-corrected chi connectivity index (χ4v) is 4.35. The van der Waals surface area contributed by atoms with Crippen LogP contribution in [0.2, 0.25) is 0 Å². The van der Waals surface area contributed by atoms with Crippen molar-refractivity contribution in [3.05, 3.63) is 40.0 Å². The predicted octanol–water partition coefficient (Wildman–Crippen LogP) is 4.77. The first-order chi connectivity index (χ1) is 10.7. The molecule has 0 amide bonds. The highest BCUT2D eigenvalue weighted by Crippen LogP contribution is 2.50. The van der Waals surface area contributed by atoms with E-state index < -0.39 is 0 Å². The zero-order valence-corrected chi connectivity index (χ0v) is 16.1. The summed E-state index contributed by atoms with van der Waals surface area (Å²) in [5.41, 5.74) is 8.61. The Labute approximate surface area is 142 Å². The molecule has 128 valence electrons. The number of aryl methyl sites for hydroxylation is 1. The fourth-order valence-electron chi connectivity index (χ4n) is 4.35. The molecule has 2 unspecified atom stereocenters. The zero-order valence-electron chi connectivity index (χ0n) is 16.1. The highest BCUT2D eigenvalue weighted by atomic mass is 16.5. The number of hydrogen-bond donors (Lipinski definition) is 1. The second-order valence-electron chi connectivity index (χ2n) is 7.62. The van der Waals surface area contributed by atoms with Crippen molar-refractivity contribution in [1.82, 2.24) is 5.32 Å². The molecule has 0 bridgehead atoms. The van der Waals surface area contributed by atoms with Gasteiger partial charge in [0.05, 0.1) is 6.61 Å². The first kappa shape index (κ1) is 18.2. The van der Waals surface area contributed by atoms with Gasteiger partial charge in [0.15, 0.2) is 0 Å². The molecule has 1 aromatic carbocycles. The van der Waals surface area contributed by atoms with Crippen LogP contribution in [0.1, 0.15) is 63.3 Å². The first-order valence-electron chi connectivity index (χ1n) is 8.78. The van der Waals surface area contributed by atoms with Crippen LogP contribution in [0.15, 0.2) is 17.7 Å². The first-order valence-corrected chi connectivity index (χ1v) is 8.78. The van der Waals surface area contributed by atoms with E-state index in [-0.39, 0.29) is 5.41 Å². The van der Waals surface area contributed by atoms with Crippen LogP contribution in [0.4, 0.5) is 0 Å². The molecule has 0 spiro atoms. The lowest BCUT2D eigenvalue weighted by Crippen LogP contribution is -2.41. The summed E-state index contributed by atoms with van der Waals surface area (Å²) < 4.78 is 5.72. The normalized spacial score (nSPS) is 22.0. The topological polar surface area (TPSA) is 21.3 Å². The highest BCUT2D eigenvalue weighted by Gasteiger charge is 2.43. The van der Waals surface area contributed by atoms with Gasteiger partial charge < -0.3 is 10.1 Å². The zero-order chi connectivity index (χ0) is 17.4. The Morgan fingerprint density at radius 2 is 1.74 bits per heavy atom. The second-order valence-corrected chi connectivity index (χ2v) is 7.62. The molecule has 2 nitrogen and oxygen atoms in total. The van der Waals surface area contributed by atoms with Crippen LogP contribution in [0, 0.1) is 13.8 Å². The van der Waals surface area contributed by atoms with Crippen LogP contribution >= 0.6 is 0 Å². The molecule has 1 aliphatic rings. The largest absolute Gasteiger partial charge is 0.383 e. The Hall–Kier alpha value is -1.12. The molecule has 0 heterocycles. The Bertz CT molecular complexity index is 615. The maximum Gasteiger partial charge on any atom is 0.0597 e. The Kier molecular flexibility index (Phi) is 5.37. The summed E-state index contributed by atoms with van der Waals surface area (Å²) in [5.74, 6) is 0. The summed E-state index contributed by atoms with van der Waals surface area (Å²) in [6.45, 7) is 16.5. The van der Waals surface area contributed by atoms with Gasteiger partial charge in [-0.25, -0.2) is 0 Å². The Balaban J connectivity index is 2.55. The van der Waals surface area contributed by atoms with E-state index in [0.29, 0.717) is 12.1 Å². The fraction of sp³-hybridized carbons (Fsp3) is 0.619. The monoisotopic (exact) mass is 315 g/mol. The molecule has 2 atom stereocenters. The number of fused-ring (bicyclic) bond motifs is 1. The lowest BCUT2D eigenvalue weighted by atomic mass is 9.73. The standard InChI is InChI=1S/C21H33NO/c1-13(2)22-15(4)11-21(12-23-8)18(7)17(6)20-16(5)14(3)9-10-19(20)21/h9-10,13,15,22H,11-12H2,1-8H3. The summed E-state index contributed by atoms with van der Waals surface area (Å²) in [7, 11) is 1.82. The van der Waals surface area contributed by atoms with Gasteiger partial charge in [0.25, 0.3) is 0 Å². The van der Waals surface area contributed by atoms with Crippen LogP contribution in [-0.4, -0.2) is 25.8 Å². The quantitative estimate of drug-likeness (QED) is 0.816. The van der Waals surface area contributed by atoms with Gasteiger partial charge >= 0.3 is 0 Å². The average molecular weight is 316 g/mol. The van der Waals surface area contributed by atoms with Crippen molar-refractivity contribution in [1.29, 1.82) is 0 Å². The van der Waals surface area contributed by atoms with Crippen molar-refractivity contribution in [3.8, 4) is 0 Å². The van der Waals surface area contributed by atoms with Crippen molar-refractivity contribution < 1.29 is 4.74 Å². The minimum absolute atomic E-state index is 0.00602. The molecule has 0 saturated carbocycles. The molecule has 0 aromatic heterocycles. The van der Waals surface area contributed by atoms with E-state index in [2.05, 4.69) is 65.9 Å². The van der Waals surface area contributed by atoms with Gasteiger partial charge in [0.2, 0.25) is 0 Å².